The lowest BCUT2D eigenvalue weighted by atomic mass is 10.0. The molecule has 90 valence electrons. The molecule has 0 aliphatic heterocycles. The molecule has 1 heterocycles. The Bertz CT molecular complexity index is 450. The molecule has 0 spiro atoms. The summed E-state index contributed by atoms with van der Waals surface area (Å²) in [4.78, 5) is 3.96. The van der Waals surface area contributed by atoms with Gasteiger partial charge >= 0.3 is 10.3 Å². The van der Waals surface area contributed by atoms with Crippen molar-refractivity contribution in [2.24, 2.45) is 5.14 Å². The highest BCUT2D eigenvalue weighted by atomic mass is 35.5. The number of nitrogens with zero attached hydrogens (tertiary/aromatic N) is 1. The van der Waals surface area contributed by atoms with E-state index in [0.717, 1.165) is 5.56 Å². The SMILES string of the molecule is CC(CCOS(N)(=O)=O)c1cnccc1Cl. The first-order valence-electron chi connectivity index (χ1n) is 4.66. The van der Waals surface area contributed by atoms with Crippen molar-refractivity contribution in [3.05, 3.63) is 29.0 Å². The molecule has 0 aromatic carbocycles. The van der Waals surface area contributed by atoms with Gasteiger partial charge in [-0.2, -0.15) is 8.42 Å². The smallest absolute Gasteiger partial charge is 0.264 e. The summed E-state index contributed by atoms with van der Waals surface area (Å²) in [6.45, 7) is 1.95. The summed E-state index contributed by atoms with van der Waals surface area (Å²) in [5, 5.41) is 5.31. The first-order chi connectivity index (χ1) is 7.40. The number of pyridine rings is 1. The minimum Gasteiger partial charge on any atom is -0.264 e. The van der Waals surface area contributed by atoms with Crippen LogP contribution in [0, 0.1) is 0 Å². The highest BCUT2D eigenvalue weighted by Gasteiger charge is 2.11. The molecule has 5 nitrogen and oxygen atoms in total. The lowest BCUT2D eigenvalue weighted by Crippen LogP contribution is -2.17. The summed E-state index contributed by atoms with van der Waals surface area (Å²) in [6, 6.07) is 1.69. The number of rotatable bonds is 5. The molecule has 0 saturated carbocycles. The molecule has 0 saturated heterocycles. The third-order valence-electron chi connectivity index (χ3n) is 2.13. The van der Waals surface area contributed by atoms with Crippen molar-refractivity contribution in [1.82, 2.24) is 4.98 Å². The number of nitrogens with two attached hydrogens (primary N) is 1. The van der Waals surface area contributed by atoms with Crippen LogP contribution in [0.3, 0.4) is 0 Å². The van der Waals surface area contributed by atoms with Gasteiger partial charge in [0.1, 0.15) is 0 Å². The van der Waals surface area contributed by atoms with Crippen LogP contribution in [-0.4, -0.2) is 20.0 Å². The minimum atomic E-state index is -3.86. The summed E-state index contributed by atoms with van der Waals surface area (Å²) < 4.78 is 25.5. The normalized spacial score (nSPS) is 13.7. The van der Waals surface area contributed by atoms with Crippen LogP contribution in [0.4, 0.5) is 0 Å². The molecule has 1 aromatic rings. The number of hydrogen-bond donors (Lipinski definition) is 1. The molecule has 2 N–H and O–H groups in total. The van der Waals surface area contributed by atoms with Crippen molar-refractivity contribution in [3.63, 3.8) is 0 Å². The molecule has 0 radical (unpaired) electrons. The summed E-state index contributed by atoms with van der Waals surface area (Å²) in [6.07, 6.45) is 3.76. The third kappa shape index (κ3) is 4.44. The van der Waals surface area contributed by atoms with Gasteiger partial charge in [-0.3, -0.25) is 9.17 Å². The van der Waals surface area contributed by atoms with E-state index in [1.807, 2.05) is 6.92 Å². The van der Waals surface area contributed by atoms with E-state index in [9.17, 15) is 8.42 Å². The van der Waals surface area contributed by atoms with Crippen LogP contribution in [0.15, 0.2) is 18.5 Å². The third-order valence-corrected chi connectivity index (χ3v) is 2.97. The van der Waals surface area contributed by atoms with E-state index in [0.29, 0.717) is 11.4 Å². The van der Waals surface area contributed by atoms with Crippen molar-refractivity contribution < 1.29 is 12.6 Å². The second kappa shape index (κ2) is 5.58. The quantitative estimate of drug-likeness (QED) is 0.873. The van der Waals surface area contributed by atoms with Crippen LogP contribution >= 0.6 is 11.6 Å². The largest absolute Gasteiger partial charge is 0.333 e. The average Bonchev–Trinajstić information content (AvgIpc) is 2.16. The molecule has 0 bridgehead atoms. The molecule has 1 rings (SSSR count). The predicted molar refractivity (Wildman–Crippen MR) is 61.3 cm³/mol. The van der Waals surface area contributed by atoms with Gasteiger partial charge in [0, 0.05) is 17.4 Å². The predicted octanol–water partition coefficient (Wildman–Crippen LogP) is 1.45. The fourth-order valence-corrected chi connectivity index (χ4v) is 1.87. The summed E-state index contributed by atoms with van der Waals surface area (Å²) in [5.41, 5.74) is 0.863. The maximum absolute atomic E-state index is 10.5. The van der Waals surface area contributed by atoms with E-state index in [2.05, 4.69) is 9.17 Å². The van der Waals surface area contributed by atoms with Crippen LogP contribution in [0.1, 0.15) is 24.8 Å². The molecule has 7 heteroatoms. The Balaban J connectivity index is 2.54. The van der Waals surface area contributed by atoms with Crippen molar-refractivity contribution in [2.45, 2.75) is 19.3 Å². The Kier molecular flexibility index (Phi) is 4.67. The summed E-state index contributed by atoms with van der Waals surface area (Å²) in [7, 11) is -3.86. The van der Waals surface area contributed by atoms with Crippen LogP contribution < -0.4 is 5.14 Å². The zero-order chi connectivity index (χ0) is 12.2. The topological polar surface area (TPSA) is 82.3 Å². The van der Waals surface area contributed by atoms with Gasteiger partial charge in [0.2, 0.25) is 0 Å². The van der Waals surface area contributed by atoms with Crippen molar-refractivity contribution in [2.75, 3.05) is 6.61 Å². The van der Waals surface area contributed by atoms with Crippen LogP contribution in [0.5, 0.6) is 0 Å². The molecular weight excluding hydrogens is 252 g/mol. The highest BCUT2D eigenvalue weighted by molar-refractivity contribution is 7.84. The zero-order valence-electron chi connectivity index (χ0n) is 8.76. The van der Waals surface area contributed by atoms with Crippen LogP contribution in [0.25, 0.3) is 0 Å². The van der Waals surface area contributed by atoms with Crippen molar-refractivity contribution in [3.8, 4) is 0 Å². The van der Waals surface area contributed by atoms with E-state index in [1.54, 1.807) is 18.5 Å². The number of aromatic nitrogens is 1. The monoisotopic (exact) mass is 264 g/mol. The lowest BCUT2D eigenvalue weighted by Gasteiger charge is -2.12. The lowest BCUT2D eigenvalue weighted by molar-refractivity contribution is 0.303. The van der Waals surface area contributed by atoms with Crippen LogP contribution in [0.2, 0.25) is 5.02 Å². The Morgan fingerprint density at radius 1 is 1.62 bits per heavy atom. The molecule has 0 aliphatic rings. The molecule has 1 unspecified atom stereocenters. The van der Waals surface area contributed by atoms with Crippen molar-refractivity contribution >= 4 is 21.9 Å². The minimum absolute atomic E-state index is 0.0330. The molecule has 16 heavy (non-hydrogen) atoms. The Morgan fingerprint density at radius 3 is 2.88 bits per heavy atom. The van der Waals surface area contributed by atoms with E-state index in [-0.39, 0.29) is 12.5 Å². The van der Waals surface area contributed by atoms with Gasteiger partial charge in [0.05, 0.1) is 6.61 Å². The van der Waals surface area contributed by atoms with Crippen molar-refractivity contribution in [1.29, 1.82) is 0 Å². The zero-order valence-corrected chi connectivity index (χ0v) is 10.3. The van der Waals surface area contributed by atoms with Gasteiger partial charge in [0.15, 0.2) is 0 Å². The second-order valence-electron chi connectivity index (χ2n) is 3.40. The molecule has 1 aromatic heterocycles. The maximum Gasteiger partial charge on any atom is 0.333 e. The van der Waals surface area contributed by atoms with Gasteiger partial charge in [-0.1, -0.05) is 18.5 Å². The molecule has 0 fully saturated rings. The Morgan fingerprint density at radius 2 is 2.31 bits per heavy atom. The van der Waals surface area contributed by atoms with Gasteiger partial charge in [-0.25, -0.2) is 5.14 Å². The number of halogens is 1. The number of hydrogen-bond acceptors (Lipinski definition) is 4. The van der Waals surface area contributed by atoms with E-state index >= 15 is 0 Å². The summed E-state index contributed by atoms with van der Waals surface area (Å²) >= 11 is 5.96. The highest BCUT2D eigenvalue weighted by Crippen LogP contribution is 2.25. The van der Waals surface area contributed by atoms with Gasteiger partial charge in [-0.05, 0) is 24.0 Å². The van der Waals surface area contributed by atoms with Crippen LogP contribution in [-0.2, 0) is 14.5 Å². The van der Waals surface area contributed by atoms with E-state index < -0.39 is 10.3 Å². The average molecular weight is 265 g/mol. The van der Waals surface area contributed by atoms with Gasteiger partial charge in [0.25, 0.3) is 0 Å². The first kappa shape index (κ1) is 13.4. The van der Waals surface area contributed by atoms with E-state index in [4.69, 9.17) is 16.7 Å². The molecule has 1 atom stereocenters. The molecular formula is C9H13ClN2O3S. The Labute approximate surface area is 99.8 Å². The fourth-order valence-electron chi connectivity index (χ4n) is 1.25. The van der Waals surface area contributed by atoms with Gasteiger partial charge in [-0.15, -0.1) is 0 Å². The van der Waals surface area contributed by atoms with E-state index in [1.165, 1.54) is 0 Å². The fraction of sp³-hybridized carbons (Fsp3) is 0.444. The Hall–Kier alpha value is -0.690. The second-order valence-corrected chi connectivity index (χ2v) is 5.03. The maximum atomic E-state index is 10.5. The first-order valence-corrected chi connectivity index (χ1v) is 6.51. The standard InChI is InChI=1S/C9H13ClN2O3S/c1-7(3-5-15-16(11,13)14)8-6-12-4-2-9(8)10/h2,4,6-7H,3,5H2,1H3,(H2,11,13,14). The molecule has 0 amide bonds. The van der Waals surface area contributed by atoms with Gasteiger partial charge < -0.3 is 0 Å². The molecule has 0 aliphatic carbocycles. The summed E-state index contributed by atoms with van der Waals surface area (Å²) in [5.74, 6) is 0.0583.